The molecule has 7 nitrogen and oxygen atoms in total. The van der Waals surface area contributed by atoms with E-state index < -0.39 is 0 Å². The molecule has 1 amide bonds. The van der Waals surface area contributed by atoms with Gasteiger partial charge in [-0.2, -0.15) is 16.9 Å². The SMILES string of the molecule is O=C(c1cc2ccccc2o1)N1CCN(CCn2nc3c(cc2=O)CSCC3)CC1. The number of aryl methyl sites for hydroxylation is 1. The summed E-state index contributed by atoms with van der Waals surface area (Å²) in [6.45, 7) is 4.20. The summed E-state index contributed by atoms with van der Waals surface area (Å²) in [7, 11) is 0. The van der Waals surface area contributed by atoms with Gasteiger partial charge in [0, 0.05) is 56.4 Å². The molecule has 3 aromatic rings. The van der Waals surface area contributed by atoms with E-state index in [4.69, 9.17) is 4.42 Å². The summed E-state index contributed by atoms with van der Waals surface area (Å²) in [6.07, 6.45) is 0.933. The van der Waals surface area contributed by atoms with Crippen molar-refractivity contribution in [1.29, 1.82) is 0 Å². The normalized spacial score (nSPS) is 17.3. The van der Waals surface area contributed by atoms with Crippen LogP contribution in [0.3, 0.4) is 0 Å². The van der Waals surface area contributed by atoms with Crippen LogP contribution in [0, 0.1) is 0 Å². The van der Waals surface area contributed by atoms with Gasteiger partial charge in [0.15, 0.2) is 5.76 Å². The molecule has 2 aliphatic rings. The predicted octanol–water partition coefficient (Wildman–Crippen LogP) is 2.24. The maximum Gasteiger partial charge on any atom is 0.289 e. The molecule has 30 heavy (non-hydrogen) atoms. The monoisotopic (exact) mass is 424 g/mol. The van der Waals surface area contributed by atoms with Crippen molar-refractivity contribution < 1.29 is 9.21 Å². The Morgan fingerprint density at radius 1 is 1.10 bits per heavy atom. The topological polar surface area (TPSA) is 71.6 Å². The first-order valence-corrected chi connectivity index (χ1v) is 11.5. The van der Waals surface area contributed by atoms with Gasteiger partial charge in [-0.15, -0.1) is 0 Å². The summed E-state index contributed by atoms with van der Waals surface area (Å²) >= 11 is 1.85. The Balaban J connectivity index is 1.17. The first-order valence-electron chi connectivity index (χ1n) is 10.4. The molecule has 0 aliphatic carbocycles. The molecular weight excluding hydrogens is 400 g/mol. The van der Waals surface area contributed by atoms with Crippen molar-refractivity contribution in [2.75, 3.05) is 38.5 Å². The van der Waals surface area contributed by atoms with E-state index in [2.05, 4.69) is 10.00 Å². The maximum absolute atomic E-state index is 12.8. The van der Waals surface area contributed by atoms with Crippen molar-refractivity contribution >= 4 is 28.6 Å². The zero-order chi connectivity index (χ0) is 20.5. The van der Waals surface area contributed by atoms with Crippen LogP contribution >= 0.6 is 11.8 Å². The molecule has 1 saturated heterocycles. The summed E-state index contributed by atoms with van der Waals surface area (Å²) in [5.74, 6) is 2.29. The molecule has 0 unspecified atom stereocenters. The van der Waals surface area contributed by atoms with E-state index in [1.54, 1.807) is 10.7 Å². The largest absolute Gasteiger partial charge is 0.451 e. The van der Waals surface area contributed by atoms with E-state index in [9.17, 15) is 9.59 Å². The predicted molar refractivity (Wildman–Crippen MR) is 117 cm³/mol. The van der Waals surface area contributed by atoms with Gasteiger partial charge in [-0.3, -0.25) is 14.5 Å². The molecule has 0 saturated carbocycles. The number of hydrogen-bond acceptors (Lipinski definition) is 6. The number of carbonyl (C=O) groups is 1. The summed E-state index contributed by atoms with van der Waals surface area (Å²) in [4.78, 5) is 29.3. The highest BCUT2D eigenvalue weighted by atomic mass is 32.2. The van der Waals surface area contributed by atoms with Crippen LogP contribution in [0.15, 0.2) is 45.6 Å². The summed E-state index contributed by atoms with van der Waals surface area (Å²) in [6, 6.07) is 11.2. The van der Waals surface area contributed by atoms with Crippen LogP contribution in [0.25, 0.3) is 11.0 Å². The van der Waals surface area contributed by atoms with Crippen molar-refractivity contribution in [1.82, 2.24) is 19.6 Å². The fraction of sp³-hybridized carbons (Fsp3) is 0.409. The third-order valence-corrected chi connectivity index (χ3v) is 6.84. The van der Waals surface area contributed by atoms with Gasteiger partial charge in [-0.25, -0.2) is 4.68 Å². The quantitative estimate of drug-likeness (QED) is 0.640. The lowest BCUT2D eigenvalue weighted by Crippen LogP contribution is -2.49. The first-order chi connectivity index (χ1) is 14.7. The molecular formula is C22H24N4O3S. The number of benzene rings is 1. The third-order valence-electron chi connectivity index (χ3n) is 5.83. The molecule has 2 aromatic heterocycles. The Morgan fingerprint density at radius 3 is 2.77 bits per heavy atom. The number of carbonyl (C=O) groups excluding carboxylic acids is 1. The second-order valence-electron chi connectivity index (χ2n) is 7.76. The highest BCUT2D eigenvalue weighted by Crippen LogP contribution is 2.22. The number of aromatic nitrogens is 2. The number of fused-ring (bicyclic) bond motifs is 2. The molecule has 0 spiro atoms. The van der Waals surface area contributed by atoms with Gasteiger partial charge in [0.1, 0.15) is 5.58 Å². The van der Waals surface area contributed by atoms with E-state index in [0.717, 1.165) is 59.8 Å². The average molecular weight is 425 g/mol. The molecule has 0 N–H and O–H groups in total. The number of piperazine rings is 1. The highest BCUT2D eigenvalue weighted by Gasteiger charge is 2.24. The third kappa shape index (κ3) is 3.89. The van der Waals surface area contributed by atoms with Crippen molar-refractivity contribution in [3.63, 3.8) is 0 Å². The minimum Gasteiger partial charge on any atom is -0.451 e. The number of thioether (sulfide) groups is 1. The number of hydrogen-bond donors (Lipinski definition) is 0. The Morgan fingerprint density at radius 2 is 1.93 bits per heavy atom. The second-order valence-corrected chi connectivity index (χ2v) is 8.87. The van der Waals surface area contributed by atoms with Crippen LogP contribution in [0.4, 0.5) is 0 Å². The van der Waals surface area contributed by atoms with Gasteiger partial charge in [0.2, 0.25) is 0 Å². The molecule has 8 heteroatoms. The van der Waals surface area contributed by atoms with Crippen LogP contribution in [-0.2, 0) is 18.7 Å². The lowest BCUT2D eigenvalue weighted by molar-refractivity contribution is 0.0603. The molecule has 0 radical (unpaired) electrons. The molecule has 0 bridgehead atoms. The van der Waals surface area contributed by atoms with Crippen molar-refractivity contribution in [2.24, 2.45) is 0 Å². The van der Waals surface area contributed by atoms with E-state index >= 15 is 0 Å². The number of nitrogens with zero attached hydrogens (tertiary/aromatic N) is 4. The van der Waals surface area contributed by atoms with Gasteiger partial charge in [-0.05, 0) is 23.4 Å². The Labute approximate surface area is 178 Å². The van der Waals surface area contributed by atoms with E-state index in [0.29, 0.717) is 25.4 Å². The Hall–Kier alpha value is -2.58. The fourth-order valence-corrected chi connectivity index (χ4v) is 5.02. The molecule has 5 rings (SSSR count). The van der Waals surface area contributed by atoms with E-state index in [1.807, 2.05) is 47.0 Å². The lowest BCUT2D eigenvalue weighted by atomic mass is 10.2. The second kappa shape index (κ2) is 8.28. The number of furan rings is 1. The molecule has 156 valence electrons. The van der Waals surface area contributed by atoms with Crippen molar-refractivity contribution in [3.05, 3.63) is 63.8 Å². The van der Waals surface area contributed by atoms with E-state index in [1.165, 1.54) is 0 Å². The Bertz CT molecular complexity index is 1100. The van der Waals surface area contributed by atoms with Crippen LogP contribution in [0.5, 0.6) is 0 Å². The van der Waals surface area contributed by atoms with Gasteiger partial charge >= 0.3 is 0 Å². The molecule has 1 aromatic carbocycles. The lowest BCUT2D eigenvalue weighted by Gasteiger charge is -2.34. The van der Waals surface area contributed by atoms with Gasteiger partial charge < -0.3 is 9.32 Å². The average Bonchev–Trinajstić information content (AvgIpc) is 3.22. The zero-order valence-corrected chi connectivity index (χ0v) is 17.6. The number of amides is 1. The van der Waals surface area contributed by atoms with Crippen LogP contribution < -0.4 is 5.56 Å². The summed E-state index contributed by atoms with van der Waals surface area (Å²) in [5.41, 5.74) is 2.87. The highest BCUT2D eigenvalue weighted by molar-refractivity contribution is 7.98. The summed E-state index contributed by atoms with van der Waals surface area (Å²) in [5, 5.41) is 5.53. The summed E-state index contributed by atoms with van der Waals surface area (Å²) < 4.78 is 7.32. The zero-order valence-electron chi connectivity index (χ0n) is 16.7. The standard InChI is InChI=1S/C22H24N4O3S/c27-21-14-17-15-30-12-5-18(17)23-26(21)11-8-24-6-9-25(10-7-24)22(28)20-13-16-3-1-2-4-19(16)29-20/h1-4,13-14H,5-12,15H2. The van der Waals surface area contributed by atoms with Gasteiger partial charge in [0.05, 0.1) is 12.2 Å². The minimum atomic E-state index is -0.0590. The van der Waals surface area contributed by atoms with E-state index in [-0.39, 0.29) is 11.5 Å². The molecule has 2 aliphatic heterocycles. The smallest absolute Gasteiger partial charge is 0.289 e. The van der Waals surface area contributed by atoms with Crippen molar-refractivity contribution in [3.8, 4) is 0 Å². The van der Waals surface area contributed by atoms with Gasteiger partial charge in [-0.1, -0.05) is 18.2 Å². The Kier molecular flexibility index (Phi) is 5.35. The number of rotatable bonds is 4. The van der Waals surface area contributed by atoms with Crippen LogP contribution in [-0.4, -0.2) is 64.0 Å². The van der Waals surface area contributed by atoms with Crippen LogP contribution in [0.1, 0.15) is 21.8 Å². The minimum absolute atomic E-state index is 0.0186. The molecule has 1 fully saturated rings. The van der Waals surface area contributed by atoms with Crippen molar-refractivity contribution in [2.45, 2.75) is 18.7 Å². The fourth-order valence-electron chi connectivity index (χ4n) is 4.07. The number of para-hydroxylation sites is 1. The molecule has 4 heterocycles. The molecule has 0 atom stereocenters. The van der Waals surface area contributed by atoms with Crippen LogP contribution in [0.2, 0.25) is 0 Å². The first kappa shape index (κ1) is 19.4. The maximum atomic E-state index is 12.8. The van der Waals surface area contributed by atoms with Gasteiger partial charge in [0.25, 0.3) is 11.5 Å².